The van der Waals surface area contributed by atoms with Crippen molar-refractivity contribution in [1.82, 2.24) is 0 Å². The first-order chi connectivity index (χ1) is 8.88. The average Bonchev–Trinajstić information content (AvgIpc) is 2.35. The van der Waals surface area contributed by atoms with Crippen molar-refractivity contribution in [3.8, 4) is 0 Å². The molecule has 0 unspecified atom stereocenters. The summed E-state index contributed by atoms with van der Waals surface area (Å²) in [6, 6.07) is 7.64. The van der Waals surface area contributed by atoms with E-state index >= 15 is 0 Å². The molecule has 0 aliphatic heterocycles. The fourth-order valence-corrected chi connectivity index (χ4v) is 1.69. The first-order valence-electron chi connectivity index (χ1n) is 6.26. The van der Waals surface area contributed by atoms with Crippen LogP contribution in [0, 0.1) is 0 Å². The van der Waals surface area contributed by atoms with Crippen LogP contribution in [-0.2, 0) is 6.42 Å². The lowest BCUT2D eigenvalue weighted by Gasteiger charge is -2.11. The zero-order valence-electron chi connectivity index (χ0n) is 11.4. The first kappa shape index (κ1) is 15.3. The second kappa shape index (κ2) is 6.41. The van der Waals surface area contributed by atoms with E-state index in [0.717, 1.165) is 31.4 Å². The number of halogens is 2. The Balaban J connectivity index is 2.94. The van der Waals surface area contributed by atoms with Crippen LogP contribution in [0.25, 0.3) is 5.70 Å². The predicted molar refractivity (Wildman–Crippen MR) is 77.7 cm³/mol. The van der Waals surface area contributed by atoms with Gasteiger partial charge in [0, 0.05) is 6.92 Å². The maximum absolute atomic E-state index is 13.2. The lowest BCUT2D eigenvalue weighted by atomic mass is 10.1. The van der Waals surface area contributed by atoms with Gasteiger partial charge in [-0.25, -0.2) is 4.99 Å². The van der Waals surface area contributed by atoms with Gasteiger partial charge in [0.15, 0.2) is 0 Å². The summed E-state index contributed by atoms with van der Waals surface area (Å²) in [4.78, 5) is 3.87. The van der Waals surface area contributed by atoms with Gasteiger partial charge in [0.1, 0.15) is 5.71 Å². The molecule has 0 amide bonds. The quantitative estimate of drug-likeness (QED) is 0.648. The smallest absolute Gasteiger partial charge is 0.247 e. The number of alkyl halides is 2. The van der Waals surface area contributed by atoms with E-state index < -0.39 is 5.92 Å². The predicted octanol–water partition coefficient (Wildman–Crippen LogP) is 4.89. The van der Waals surface area contributed by atoms with Gasteiger partial charge in [-0.2, -0.15) is 8.78 Å². The summed E-state index contributed by atoms with van der Waals surface area (Å²) >= 11 is 0. The van der Waals surface area contributed by atoms with E-state index in [-0.39, 0.29) is 5.71 Å². The van der Waals surface area contributed by atoms with Gasteiger partial charge >= 0.3 is 0 Å². The average molecular weight is 263 g/mol. The van der Waals surface area contributed by atoms with E-state index in [9.17, 15) is 8.78 Å². The summed E-state index contributed by atoms with van der Waals surface area (Å²) in [5, 5.41) is 0. The Hall–Kier alpha value is -1.77. The molecule has 102 valence electrons. The molecule has 1 aromatic rings. The van der Waals surface area contributed by atoms with Gasteiger partial charge in [0.05, 0.1) is 5.70 Å². The molecular formula is C16H19F2N. The highest BCUT2D eigenvalue weighted by atomic mass is 19.3. The maximum Gasteiger partial charge on any atom is 0.286 e. The van der Waals surface area contributed by atoms with Crippen molar-refractivity contribution in [3.05, 3.63) is 54.6 Å². The summed E-state index contributed by atoms with van der Waals surface area (Å²) in [5.74, 6) is -3.01. The highest BCUT2D eigenvalue weighted by Crippen LogP contribution is 2.21. The third kappa shape index (κ3) is 4.43. The molecular weight excluding hydrogens is 244 g/mol. The minimum Gasteiger partial charge on any atom is -0.247 e. The number of aryl methyl sites for hydroxylation is 1. The summed E-state index contributed by atoms with van der Waals surface area (Å²) in [6.07, 6.45) is 3.14. The molecule has 0 bridgehead atoms. The Labute approximate surface area is 113 Å². The Morgan fingerprint density at radius 2 is 1.89 bits per heavy atom. The van der Waals surface area contributed by atoms with Gasteiger partial charge in [-0.1, -0.05) is 50.8 Å². The third-order valence-corrected chi connectivity index (χ3v) is 2.72. The van der Waals surface area contributed by atoms with Gasteiger partial charge in [-0.05, 0) is 23.6 Å². The Morgan fingerprint density at radius 3 is 2.32 bits per heavy atom. The molecule has 1 rings (SSSR count). The molecule has 1 aromatic carbocycles. The maximum atomic E-state index is 13.2. The molecule has 0 saturated heterocycles. The number of nitrogens with zero attached hydrogens (tertiary/aromatic N) is 1. The van der Waals surface area contributed by atoms with Gasteiger partial charge in [-0.3, -0.25) is 0 Å². The van der Waals surface area contributed by atoms with Crippen molar-refractivity contribution in [1.29, 1.82) is 0 Å². The monoisotopic (exact) mass is 263 g/mol. The summed E-state index contributed by atoms with van der Waals surface area (Å²) in [6.45, 7) is 10.00. The van der Waals surface area contributed by atoms with Gasteiger partial charge in [0.25, 0.3) is 5.92 Å². The lowest BCUT2D eigenvalue weighted by molar-refractivity contribution is 0.102. The fourth-order valence-electron chi connectivity index (χ4n) is 1.69. The second-order valence-electron chi connectivity index (χ2n) is 4.48. The van der Waals surface area contributed by atoms with Gasteiger partial charge in [-0.15, -0.1) is 0 Å². The van der Waals surface area contributed by atoms with Crippen LogP contribution in [0.5, 0.6) is 0 Å². The topological polar surface area (TPSA) is 12.4 Å². The SMILES string of the molecule is C=C/C(=N\C(=C)c1ccc(CCC)cc1)C(C)(F)F. The Morgan fingerprint density at radius 1 is 1.32 bits per heavy atom. The number of hydrogen-bond acceptors (Lipinski definition) is 1. The number of rotatable bonds is 6. The summed E-state index contributed by atoms with van der Waals surface area (Å²) < 4.78 is 26.4. The molecule has 0 aliphatic rings. The zero-order chi connectivity index (χ0) is 14.5. The number of benzene rings is 1. The molecule has 0 aromatic heterocycles. The normalized spacial score (nSPS) is 12.3. The van der Waals surface area contributed by atoms with Crippen molar-refractivity contribution in [2.75, 3.05) is 0 Å². The van der Waals surface area contributed by atoms with Crippen molar-refractivity contribution in [2.45, 2.75) is 32.6 Å². The van der Waals surface area contributed by atoms with Crippen LogP contribution in [0.4, 0.5) is 8.78 Å². The van der Waals surface area contributed by atoms with E-state index in [1.165, 1.54) is 5.56 Å². The van der Waals surface area contributed by atoms with Gasteiger partial charge < -0.3 is 0 Å². The number of hydrogen-bond donors (Lipinski definition) is 0. The highest BCUT2D eigenvalue weighted by Gasteiger charge is 2.27. The van der Waals surface area contributed by atoms with Crippen molar-refractivity contribution < 1.29 is 8.78 Å². The van der Waals surface area contributed by atoms with Crippen LogP contribution in [0.15, 0.2) is 48.5 Å². The van der Waals surface area contributed by atoms with Crippen molar-refractivity contribution >= 4 is 11.4 Å². The molecule has 0 N–H and O–H groups in total. The third-order valence-electron chi connectivity index (χ3n) is 2.72. The Kier molecular flexibility index (Phi) is 5.16. The van der Waals surface area contributed by atoms with Crippen LogP contribution in [0.3, 0.4) is 0 Å². The van der Waals surface area contributed by atoms with Crippen molar-refractivity contribution in [2.24, 2.45) is 4.99 Å². The molecule has 0 fully saturated rings. The standard InChI is InChI=1S/C16H19F2N/c1-5-7-13-8-10-14(11-9-13)12(3)19-15(6-2)16(4,17)18/h6,8-11H,2-3,5,7H2,1,4H3/b19-15+. The molecule has 0 aliphatic carbocycles. The van der Waals surface area contributed by atoms with E-state index in [1.807, 2.05) is 24.3 Å². The minimum absolute atomic E-state index is 0.319. The van der Waals surface area contributed by atoms with E-state index in [4.69, 9.17) is 0 Å². The number of aliphatic imine (C=N–C) groups is 1. The molecule has 0 radical (unpaired) electrons. The molecule has 0 spiro atoms. The largest absolute Gasteiger partial charge is 0.286 e. The zero-order valence-corrected chi connectivity index (χ0v) is 11.4. The molecule has 3 heteroatoms. The van der Waals surface area contributed by atoms with Crippen LogP contribution in [0.1, 0.15) is 31.4 Å². The van der Waals surface area contributed by atoms with E-state index in [1.54, 1.807) is 0 Å². The molecule has 19 heavy (non-hydrogen) atoms. The van der Waals surface area contributed by atoms with E-state index in [2.05, 4.69) is 25.1 Å². The van der Waals surface area contributed by atoms with Crippen molar-refractivity contribution in [3.63, 3.8) is 0 Å². The van der Waals surface area contributed by atoms with E-state index in [0.29, 0.717) is 5.70 Å². The van der Waals surface area contributed by atoms with Crippen LogP contribution < -0.4 is 0 Å². The summed E-state index contributed by atoms with van der Waals surface area (Å²) in [7, 11) is 0. The van der Waals surface area contributed by atoms with Crippen LogP contribution in [0.2, 0.25) is 0 Å². The second-order valence-corrected chi connectivity index (χ2v) is 4.48. The first-order valence-corrected chi connectivity index (χ1v) is 6.26. The minimum atomic E-state index is -3.01. The summed E-state index contributed by atoms with van der Waals surface area (Å²) in [5.41, 5.74) is 1.91. The number of allylic oxidation sites excluding steroid dienone is 1. The van der Waals surface area contributed by atoms with Crippen LogP contribution in [-0.4, -0.2) is 11.6 Å². The molecule has 0 heterocycles. The molecule has 0 atom stereocenters. The highest BCUT2D eigenvalue weighted by molar-refractivity contribution is 6.02. The fraction of sp³-hybridized carbons (Fsp3) is 0.312. The Bertz CT molecular complexity index is 478. The molecule has 1 nitrogen and oxygen atoms in total. The lowest BCUT2D eigenvalue weighted by Crippen LogP contribution is -2.22. The molecule has 0 saturated carbocycles. The van der Waals surface area contributed by atoms with Crippen LogP contribution >= 0.6 is 0 Å². The van der Waals surface area contributed by atoms with Gasteiger partial charge in [0.2, 0.25) is 0 Å².